The van der Waals surface area contributed by atoms with Crippen LogP contribution in [0.1, 0.15) is 11.7 Å². The van der Waals surface area contributed by atoms with Gasteiger partial charge in [-0.3, -0.25) is 0 Å². The molecule has 2 aliphatic rings. The van der Waals surface area contributed by atoms with E-state index in [9.17, 15) is 4.39 Å². The van der Waals surface area contributed by atoms with E-state index in [1.807, 2.05) is 12.1 Å². The number of hydrogen-bond acceptors (Lipinski definition) is 4. The van der Waals surface area contributed by atoms with Gasteiger partial charge in [-0.05, 0) is 17.7 Å². The quantitative estimate of drug-likeness (QED) is 0.909. The Balaban J connectivity index is 1.70. The molecule has 0 radical (unpaired) electrons. The van der Waals surface area contributed by atoms with E-state index in [1.165, 1.54) is 0 Å². The number of hydrogen-bond donors (Lipinski definition) is 1. The van der Waals surface area contributed by atoms with Crippen LogP contribution >= 0.6 is 11.8 Å². The molecule has 1 unspecified atom stereocenters. The van der Waals surface area contributed by atoms with Gasteiger partial charge in [0.05, 0.1) is 31.2 Å². The Morgan fingerprint density at radius 1 is 1.33 bits per heavy atom. The van der Waals surface area contributed by atoms with Crippen LogP contribution in [0.3, 0.4) is 0 Å². The van der Waals surface area contributed by atoms with Gasteiger partial charge in [0, 0.05) is 18.0 Å². The normalized spacial score (nSPS) is 24.8. The maximum Gasteiger partial charge on any atom is 0.137 e. The minimum Gasteiger partial charge on any atom is -0.379 e. The number of rotatable bonds is 3. The number of benzene rings is 1. The van der Waals surface area contributed by atoms with Gasteiger partial charge >= 0.3 is 0 Å². The molecule has 0 saturated carbocycles. The lowest BCUT2D eigenvalue weighted by Gasteiger charge is -2.26. The van der Waals surface area contributed by atoms with Crippen LogP contribution in [-0.2, 0) is 9.47 Å². The first-order valence-corrected chi connectivity index (χ1v) is 7.07. The molecule has 1 atom stereocenters. The fourth-order valence-electron chi connectivity index (χ4n) is 2.05. The number of ether oxygens (including phenoxy) is 2. The van der Waals surface area contributed by atoms with E-state index in [0.29, 0.717) is 16.8 Å². The second-order valence-corrected chi connectivity index (χ2v) is 5.87. The Morgan fingerprint density at radius 3 is 2.83 bits per heavy atom. The maximum atomic E-state index is 14.0. The average Bonchev–Trinajstić information content (AvgIpc) is 2.36. The highest BCUT2D eigenvalue weighted by molar-refractivity contribution is 8.00. The van der Waals surface area contributed by atoms with E-state index < -0.39 is 0 Å². The second kappa shape index (κ2) is 5.57. The van der Waals surface area contributed by atoms with Gasteiger partial charge in [-0.2, -0.15) is 0 Å². The van der Waals surface area contributed by atoms with Crippen molar-refractivity contribution in [1.82, 2.24) is 5.32 Å². The van der Waals surface area contributed by atoms with E-state index in [1.54, 1.807) is 17.8 Å². The summed E-state index contributed by atoms with van der Waals surface area (Å²) >= 11 is 1.56. The summed E-state index contributed by atoms with van der Waals surface area (Å²) in [5.74, 6) is -0.154. The second-order valence-electron chi connectivity index (χ2n) is 4.53. The molecule has 2 saturated heterocycles. The lowest BCUT2D eigenvalue weighted by molar-refractivity contribution is 0.0274. The summed E-state index contributed by atoms with van der Waals surface area (Å²) in [5, 5.41) is 3.65. The summed E-state index contributed by atoms with van der Waals surface area (Å²) in [4.78, 5) is 0.704. The molecule has 18 heavy (non-hydrogen) atoms. The van der Waals surface area contributed by atoms with Crippen LogP contribution in [0.4, 0.5) is 4.39 Å². The molecule has 1 aromatic rings. The van der Waals surface area contributed by atoms with Crippen LogP contribution in [0.2, 0.25) is 0 Å². The molecule has 2 aliphatic heterocycles. The molecule has 0 bridgehead atoms. The molecule has 1 N–H and O–H groups in total. The standard InChI is InChI=1S/C13H16FNO2S/c14-11-5-9(12-6-15-3-4-17-12)1-2-13(11)18-10-7-16-8-10/h1-2,5,10,12,15H,3-4,6-8H2. The summed E-state index contributed by atoms with van der Waals surface area (Å²) in [7, 11) is 0. The van der Waals surface area contributed by atoms with Gasteiger partial charge in [0.1, 0.15) is 5.82 Å². The van der Waals surface area contributed by atoms with Crippen LogP contribution < -0.4 is 5.32 Å². The SMILES string of the molecule is Fc1cc(C2CNCCO2)ccc1SC1COC1. The summed E-state index contributed by atoms with van der Waals surface area (Å²) < 4.78 is 24.7. The zero-order chi connectivity index (χ0) is 12.4. The van der Waals surface area contributed by atoms with Gasteiger partial charge in [-0.25, -0.2) is 4.39 Å². The zero-order valence-electron chi connectivity index (χ0n) is 10.0. The molecule has 0 aromatic heterocycles. The van der Waals surface area contributed by atoms with Crippen molar-refractivity contribution < 1.29 is 13.9 Å². The molecule has 0 amide bonds. The number of halogens is 1. The van der Waals surface area contributed by atoms with Crippen molar-refractivity contribution in [3.8, 4) is 0 Å². The summed E-state index contributed by atoms with van der Waals surface area (Å²) in [6.07, 6.45) is -0.0284. The topological polar surface area (TPSA) is 30.5 Å². The van der Waals surface area contributed by atoms with Crippen molar-refractivity contribution in [1.29, 1.82) is 0 Å². The number of thioether (sulfide) groups is 1. The Labute approximate surface area is 110 Å². The lowest BCUT2D eigenvalue weighted by Crippen LogP contribution is -2.33. The molecule has 98 valence electrons. The van der Waals surface area contributed by atoms with Gasteiger partial charge in [0.15, 0.2) is 0 Å². The van der Waals surface area contributed by atoms with Crippen LogP contribution in [0.5, 0.6) is 0 Å². The highest BCUT2D eigenvalue weighted by atomic mass is 32.2. The Kier molecular flexibility index (Phi) is 3.84. The number of morpholine rings is 1. The molecule has 0 spiro atoms. The van der Waals surface area contributed by atoms with Gasteiger partial charge < -0.3 is 14.8 Å². The number of nitrogens with one attached hydrogen (secondary N) is 1. The Hall–Kier alpha value is -0.620. The van der Waals surface area contributed by atoms with E-state index in [4.69, 9.17) is 9.47 Å². The van der Waals surface area contributed by atoms with Crippen molar-refractivity contribution in [3.05, 3.63) is 29.6 Å². The molecule has 2 fully saturated rings. The fraction of sp³-hybridized carbons (Fsp3) is 0.538. The van der Waals surface area contributed by atoms with Crippen LogP contribution in [0.25, 0.3) is 0 Å². The third kappa shape index (κ3) is 2.69. The first-order chi connectivity index (χ1) is 8.83. The van der Waals surface area contributed by atoms with Crippen molar-refractivity contribution in [2.45, 2.75) is 16.2 Å². The predicted molar refractivity (Wildman–Crippen MR) is 68.4 cm³/mol. The van der Waals surface area contributed by atoms with Gasteiger partial charge in [0.25, 0.3) is 0 Å². The van der Waals surface area contributed by atoms with Crippen molar-refractivity contribution in [2.24, 2.45) is 0 Å². The van der Waals surface area contributed by atoms with E-state index in [2.05, 4.69) is 5.32 Å². The van der Waals surface area contributed by atoms with Gasteiger partial charge in [-0.1, -0.05) is 6.07 Å². The molecule has 5 heteroatoms. The highest BCUT2D eigenvalue weighted by Crippen LogP contribution is 2.31. The average molecular weight is 269 g/mol. The molecule has 3 nitrogen and oxygen atoms in total. The first-order valence-electron chi connectivity index (χ1n) is 6.19. The smallest absolute Gasteiger partial charge is 0.137 e. The van der Waals surface area contributed by atoms with Gasteiger partial charge in [0.2, 0.25) is 0 Å². The Bertz CT molecular complexity index is 419. The van der Waals surface area contributed by atoms with Crippen molar-refractivity contribution in [2.75, 3.05) is 32.9 Å². The molecule has 3 rings (SSSR count). The van der Waals surface area contributed by atoms with Crippen LogP contribution in [0.15, 0.2) is 23.1 Å². The zero-order valence-corrected chi connectivity index (χ0v) is 10.8. The third-order valence-electron chi connectivity index (χ3n) is 3.16. The largest absolute Gasteiger partial charge is 0.379 e. The summed E-state index contributed by atoms with van der Waals surface area (Å²) in [5.41, 5.74) is 0.911. The first kappa shape index (κ1) is 12.4. The minimum atomic E-state index is -0.154. The summed E-state index contributed by atoms with van der Waals surface area (Å²) in [6, 6.07) is 5.41. The van der Waals surface area contributed by atoms with Gasteiger partial charge in [-0.15, -0.1) is 11.8 Å². The molecular formula is C13H16FNO2S. The van der Waals surface area contributed by atoms with Crippen molar-refractivity contribution in [3.63, 3.8) is 0 Å². The third-order valence-corrected chi connectivity index (χ3v) is 4.35. The fourth-order valence-corrected chi connectivity index (χ4v) is 3.06. The van der Waals surface area contributed by atoms with E-state index in [0.717, 1.165) is 31.9 Å². The predicted octanol–water partition coefficient (Wildman–Crippen LogP) is 1.98. The molecule has 1 aromatic carbocycles. The Morgan fingerprint density at radius 2 is 2.22 bits per heavy atom. The molecular weight excluding hydrogens is 253 g/mol. The highest BCUT2D eigenvalue weighted by Gasteiger charge is 2.22. The monoisotopic (exact) mass is 269 g/mol. The minimum absolute atomic E-state index is 0.0284. The maximum absolute atomic E-state index is 14.0. The summed E-state index contributed by atoms with van der Waals surface area (Å²) in [6.45, 7) is 3.75. The van der Waals surface area contributed by atoms with E-state index in [-0.39, 0.29) is 11.9 Å². The molecule has 2 heterocycles. The molecule has 0 aliphatic carbocycles. The van der Waals surface area contributed by atoms with Crippen molar-refractivity contribution >= 4 is 11.8 Å². The van der Waals surface area contributed by atoms with Crippen LogP contribution in [0, 0.1) is 5.82 Å². The van der Waals surface area contributed by atoms with Crippen LogP contribution in [-0.4, -0.2) is 38.2 Å². The lowest BCUT2D eigenvalue weighted by atomic mass is 10.1. The van der Waals surface area contributed by atoms with E-state index >= 15 is 0 Å².